The molecule has 0 aromatic heterocycles. The van der Waals surface area contributed by atoms with E-state index in [2.05, 4.69) is 0 Å². The van der Waals surface area contributed by atoms with Crippen molar-refractivity contribution in [1.82, 2.24) is 4.90 Å². The molecular weight excluding hydrogens is 266 g/mol. The van der Waals surface area contributed by atoms with Crippen molar-refractivity contribution in [1.29, 1.82) is 0 Å². The number of carbonyl (C=O) groups is 2. The Kier molecular flexibility index (Phi) is 4.43. The van der Waals surface area contributed by atoms with Crippen LogP contribution in [0.15, 0.2) is 18.2 Å². The molecule has 0 radical (unpaired) electrons. The summed E-state index contributed by atoms with van der Waals surface area (Å²) in [6, 6.07) is 5.30. The van der Waals surface area contributed by atoms with Crippen molar-refractivity contribution in [2.75, 3.05) is 13.2 Å². The van der Waals surface area contributed by atoms with E-state index < -0.39 is 0 Å². The van der Waals surface area contributed by atoms with Crippen LogP contribution in [-0.4, -0.2) is 36.3 Å². The quantitative estimate of drug-likeness (QED) is 0.753. The molecule has 5 heteroatoms. The minimum atomic E-state index is -0.0640. The molecule has 0 N–H and O–H groups in total. The highest BCUT2D eigenvalue weighted by molar-refractivity contribution is 6.33. The maximum absolute atomic E-state index is 12.0. The molecule has 2 rings (SSSR count). The molecule has 0 spiro atoms. The summed E-state index contributed by atoms with van der Waals surface area (Å²) in [7, 11) is 0. The van der Waals surface area contributed by atoms with Crippen molar-refractivity contribution in [3.8, 4) is 5.75 Å². The van der Waals surface area contributed by atoms with Gasteiger partial charge in [0, 0.05) is 12.6 Å². The fourth-order valence-corrected chi connectivity index (χ4v) is 2.21. The molecule has 1 aliphatic carbocycles. The van der Waals surface area contributed by atoms with E-state index in [1.807, 2.05) is 11.8 Å². The molecule has 19 heavy (non-hydrogen) atoms. The maximum atomic E-state index is 12.0. The van der Waals surface area contributed by atoms with Crippen LogP contribution in [0.1, 0.15) is 30.1 Å². The first-order valence-electron chi connectivity index (χ1n) is 6.33. The van der Waals surface area contributed by atoms with Gasteiger partial charge in [0.15, 0.2) is 12.9 Å². The van der Waals surface area contributed by atoms with Crippen LogP contribution in [0, 0.1) is 0 Å². The lowest BCUT2D eigenvalue weighted by molar-refractivity contribution is -0.133. The normalized spacial score (nSPS) is 14.0. The highest BCUT2D eigenvalue weighted by Gasteiger charge is 2.31. The highest BCUT2D eigenvalue weighted by Crippen LogP contribution is 2.27. The van der Waals surface area contributed by atoms with Gasteiger partial charge < -0.3 is 9.64 Å². The minimum absolute atomic E-state index is 0.0539. The molecule has 1 fully saturated rings. The molecule has 0 aliphatic heterocycles. The first-order valence-corrected chi connectivity index (χ1v) is 6.71. The van der Waals surface area contributed by atoms with Crippen LogP contribution in [0.3, 0.4) is 0 Å². The van der Waals surface area contributed by atoms with Crippen molar-refractivity contribution < 1.29 is 14.3 Å². The van der Waals surface area contributed by atoms with E-state index in [0.29, 0.717) is 29.6 Å². The molecule has 1 aromatic carbocycles. The SMILES string of the molecule is CCN(C(=O)COc1cccc(Cl)c1C=O)C1CC1. The van der Waals surface area contributed by atoms with Crippen molar-refractivity contribution in [2.24, 2.45) is 0 Å². The Labute approximate surface area is 117 Å². The van der Waals surface area contributed by atoms with E-state index in [1.165, 1.54) is 0 Å². The Morgan fingerprint density at radius 1 is 1.53 bits per heavy atom. The molecule has 0 bridgehead atoms. The van der Waals surface area contributed by atoms with Gasteiger partial charge in [0.1, 0.15) is 5.75 Å². The lowest BCUT2D eigenvalue weighted by Gasteiger charge is -2.20. The second kappa shape index (κ2) is 6.06. The van der Waals surface area contributed by atoms with Crippen molar-refractivity contribution >= 4 is 23.8 Å². The monoisotopic (exact) mass is 281 g/mol. The molecule has 1 saturated carbocycles. The van der Waals surface area contributed by atoms with Gasteiger partial charge in [0.05, 0.1) is 10.6 Å². The topological polar surface area (TPSA) is 46.6 Å². The zero-order chi connectivity index (χ0) is 13.8. The Hall–Kier alpha value is -1.55. The predicted octanol–water partition coefficient (Wildman–Crippen LogP) is 2.54. The number of benzene rings is 1. The van der Waals surface area contributed by atoms with E-state index in [-0.39, 0.29) is 18.1 Å². The number of hydrogen-bond donors (Lipinski definition) is 0. The summed E-state index contributed by atoms with van der Waals surface area (Å²) in [5.41, 5.74) is 0.284. The third kappa shape index (κ3) is 3.26. The van der Waals surface area contributed by atoms with Gasteiger partial charge in [-0.05, 0) is 31.9 Å². The summed E-state index contributed by atoms with van der Waals surface area (Å²) in [6.45, 7) is 2.57. The zero-order valence-electron chi connectivity index (χ0n) is 10.8. The van der Waals surface area contributed by atoms with Gasteiger partial charge >= 0.3 is 0 Å². The Balaban J connectivity index is 2.00. The lowest BCUT2D eigenvalue weighted by Crippen LogP contribution is -2.36. The first-order chi connectivity index (χ1) is 9.17. The average Bonchev–Trinajstić information content (AvgIpc) is 3.22. The minimum Gasteiger partial charge on any atom is -0.483 e. The first kappa shape index (κ1) is 13.9. The lowest BCUT2D eigenvalue weighted by atomic mass is 10.2. The Bertz CT molecular complexity index is 486. The van der Waals surface area contributed by atoms with Gasteiger partial charge in [-0.15, -0.1) is 0 Å². The van der Waals surface area contributed by atoms with Crippen LogP contribution >= 0.6 is 11.6 Å². The number of hydrogen-bond acceptors (Lipinski definition) is 3. The Morgan fingerprint density at radius 2 is 2.26 bits per heavy atom. The third-order valence-electron chi connectivity index (χ3n) is 3.13. The number of carbonyl (C=O) groups excluding carboxylic acids is 2. The molecule has 0 saturated heterocycles. The van der Waals surface area contributed by atoms with Gasteiger partial charge in [0.2, 0.25) is 0 Å². The summed E-state index contributed by atoms with van der Waals surface area (Å²) in [4.78, 5) is 24.7. The van der Waals surface area contributed by atoms with Gasteiger partial charge in [0.25, 0.3) is 5.91 Å². The van der Waals surface area contributed by atoms with Crippen LogP contribution in [0.25, 0.3) is 0 Å². The summed E-state index contributed by atoms with van der Waals surface area (Å²) in [6.07, 6.45) is 2.77. The van der Waals surface area contributed by atoms with E-state index in [4.69, 9.17) is 16.3 Å². The number of likely N-dealkylation sites (N-methyl/N-ethyl adjacent to an activating group) is 1. The summed E-state index contributed by atoms with van der Waals surface area (Å²) in [5.74, 6) is 0.296. The summed E-state index contributed by atoms with van der Waals surface area (Å²) in [5, 5.41) is 0.328. The van der Waals surface area contributed by atoms with E-state index >= 15 is 0 Å². The third-order valence-corrected chi connectivity index (χ3v) is 3.46. The number of nitrogens with zero attached hydrogens (tertiary/aromatic N) is 1. The van der Waals surface area contributed by atoms with Gasteiger partial charge in [-0.2, -0.15) is 0 Å². The van der Waals surface area contributed by atoms with Crippen molar-refractivity contribution in [3.63, 3.8) is 0 Å². The fraction of sp³-hybridized carbons (Fsp3) is 0.429. The van der Waals surface area contributed by atoms with E-state index in [9.17, 15) is 9.59 Å². The fourth-order valence-electron chi connectivity index (χ4n) is 2.00. The molecular formula is C14H16ClNO3. The summed E-state index contributed by atoms with van der Waals surface area (Å²) < 4.78 is 5.42. The predicted molar refractivity (Wildman–Crippen MR) is 72.7 cm³/mol. The molecule has 4 nitrogen and oxygen atoms in total. The highest BCUT2D eigenvalue weighted by atomic mass is 35.5. The number of ether oxygens (including phenoxy) is 1. The van der Waals surface area contributed by atoms with Crippen molar-refractivity contribution in [2.45, 2.75) is 25.8 Å². The molecule has 102 valence electrons. The average molecular weight is 282 g/mol. The molecule has 0 unspecified atom stereocenters. The van der Waals surface area contributed by atoms with Gasteiger partial charge in [-0.3, -0.25) is 9.59 Å². The van der Waals surface area contributed by atoms with Crippen LogP contribution in [0.4, 0.5) is 0 Å². The van der Waals surface area contributed by atoms with E-state index in [1.54, 1.807) is 18.2 Å². The van der Waals surface area contributed by atoms with Gasteiger partial charge in [-0.1, -0.05) is 17.7 Å². The number of rotatable bonds is 6. The summed E-state index contributed by atoms with van der Waals surface area (Å²) >= 11 is 5.89. The van der Waals surface area contributed by atoms with E-state index in [0.717, 1.165) is 12.8 Å². The number of amides is 1. The van der Waals surface area contributed by atoms with Gasteiger partial charge in [-0.25, -0.2) is 0 Å². The molecule has 0 heterocycles. The number of aldehydes is 1. The smallest absolute Gasteiger partial charge is 0.260 e. The van der Waals surface area contributed by atoms with Crippen LogP contribution in [0.5, 0.6) is 5.75 Å². The van der Waals surface area contributed by atoms with Crippen molar-refractivity contribution in [3.05, 3.63) is 28.8 Å². The molecule has 0 atom stereocenters. The molecule has 1 aromatic rings. The van der Waals surface area contributed by atoms with Crippen LogP contribution in [-0.2, 0) is 4.79 Å². The zero-order valence-corrected chi connectivity index (χ0v) is 11.5. The second-order valence-electron chi connectivity index (χ2n) is 4.47. The van der Waals surface area contributed by atoms with Crippen LogP contribution < -0.4 is 4.74 Å². The Morgan fingerprint density at radius 3 is 2.84 bits per heavy atom. The number of halogens is 1. The standard InChI is InChI=1S/C14H16ClNO3/c1-2-16(10-6-7-10)14(18)9-19-13-5-3-4-12(15)11(13)8-17/h3-5,8,10H,2,6-7,9H2,1H3. The molecule has 1 amide bonds. The largest absolute Gasteiger partial charge is 0.483 e. The van der Waals surface area contributed by atoms with Crippen LogP contribution in [0.2, 0.25) is 5.02 Å². The maximum Gasteiger partial charge on any atom is 0.260 e. The second-order valence-corrected chi connectivity index (χ2v) is 4.88. The molecule has 1 aliphatic rings.